The summed E-state index contributed by atoms with van der Waals surface area (Å²) in [6, 6.07) is 6.98. The zero-order valence-electron chi connectivity index (χ0n) is 9.91. The Balaban J connectivity index is 2.30. The van der Waals surface area contributed by atoms with Gasteiger partial charge in [-0.25, -0.2) is 8.78 Å². The lowest BCUT2D eigenvalue weighted by Crippen LogP contribution is -2.31. The third-order valence-electron chi connectivity index (χ3n) is 2.77. The average Bonchev–Trinajstić information content (AvgIpc) is 2.41. The van der Waals surface area contributed by atoms with Gasteiger partial charge in [-0.2, -0.15) is 0 Å². The molecule has 0 saturated heterocycles. The number of hydrogen-bond donors (Lipinski definition) is 2. The molecule has 3 nitrogen and oxygen atoms in total. The highest BCUT2D eigenvalue weighted by atomic mass is 79.9. The van der Waals surface area contributed by atoms with Gasteiger partial charge in [0.15, 0.2) is 0 Å². The third kappa shape index (κ3) is 3.15. The fraction of sp³-hybridized carbons (Fsp3) is 0.154. The molecule has 1 atom stereocenters. The number of hydrazine groups is 1. The Hall–Kier alpha value is -1.37. The van der Waals surface area contributed by atoms with Crippen molar-refractivity contribution < 1.29 is 8.78 Å². The maximum Gasteiger partial charge on any atom is 0.146 e. The van der Waals surface area contributed by atoms with Crippen molar-refractivity contribution in [2.75, 3.05) is 0 Å². The Morgan fingerprint density at radius 2 is 1.95 bits per heavy atom. The molecule has 0 saturated carbocycles. The number of nitrogens with one attached hydrogen (secondary N) is 1. The quantitative estimate of drug-likeness (QED) is 0.670. The predicted octanol–water partition coefficient (Wildman–Crippen LogP) is 2.87. The van der Waals surface area contributed by atoms with Crippen molar-refractivity contribution in [1.82, 2.24) is 10.4 Å². The molecule has 0 fully saturated rings. The van der Waals surface area contributed by atoms with Crippen molar-refractivity contribution in [1.29, 1.82) is 0 Å². The summed E-state index contributed by atoms with van der Waals surface area (Å²) < 4.78 is 27.4. The van der Waals surface area contributed by atoms with Crippen LogP contribution in [0.25, 0.3) is 0 Å². The lowest BCUT2D eigenvalue weighted by molar-refractivity contribution is 0.493. The van der Waals surface area contributed by atoms with Crippen LogP contribution >= 0.6 is 15.9 Å². The van der Waals surface area contributed by atoms with Crippen LogP contribution in [0.1, 0.15) is 17.3 Å². The summed E-state index contributed by atoms with van der Waals surface area (Å²) >= 11 is 3.17. The molecular formula is C13H12BrF2N3. The molecule has 3 N–H and O–H groups in total. The van der Waals surface area contributed by atoms with Crippen LogP contribution < -0.4 is 11.3 Å². The van der Waals surface area contributed by atoms with E-state index >= 15 is 0 Å². The normalized spacial score (nSPS) is 12.4. The van der Waals surface area contributed by atoms with E-state index in [0.29, 0.717) is 16.5 Å². The van der Waals surface area contributed by atoms with Crippen molar-refractivity contribution in [3.63, 3.8) is 0 Å². The van der Waals surface area contributed by atoms with Gasteiger partial charge in [0, 0.05) is 6.20 Å². The van der Waals surface area contributed by atoms with E-state index in [1.54, 1.807) is 12.1 Å². The summed E-state index contributed by atoms with van der Waals surface area (Å²) in [6.07, 6.45) is 1.81. The lowest BCUT2D eigenvalue weighted by atomic mass is 10.0. The van der Waals surface area contributed by atoms with E-state index in [0.717, 1.165) is 0 Å². The van der Waals surface area contributed by atoms with Crippen LogP contribution in [-0.2, 0) is 6.42 Å². The van der Waals surface area contributed by atoms with Crippen molar-refractivity contribution in [3.05, 3.63) is 63.9 Å². The minimum Gasteiger partial charge on any atom is -0.271 e. The van der Waals surface area contributed by atoms with Crippen molar-refractivity contribution in [2.24, 2.45) is 5.84 Å². The average molecular weight is 328 g/mol. The molecule has 0 bridgehead atoms. The zero-order chi connectivity index (χ0) is 13.8. The van der Waals surface area contributed by atoms with Gasteiger partial charge < -0.3 is 0 Å². The molecule has 0 aliphatic heterocycles. The first kappa shape index (κ1) is 14.0. The molecule has 0 spiro atoms. The fourth-order valence-electron chi connectivity index (χ4n) is 1.81. The van der Waals surface area contributed by atoms with E-state index in [2.05, 4.69) is 26.3 Å². The summed E-state index contributed by atoms with van der Waals surface area (Å²) in [5.41, 5.74) is 3.41. The van der Waals surface area contributed by atoms with Gasteiger partial charge in [0.1, 0.15) is 11.6 Å². The smallest absolute Gasteiger partial charge is 0.146 e. The summed E-state index contributed by atoms with van der Waals surface area (Å²) in [4.78, 5) is 3.97. The Kier molecular flexibility index (Phi) is 4.57. The molecule has 6 heteroatoms. The van der Waals surface area contributed by atoms with Crippen LogP contribution in [0, 0.1) is 11.6 Å². The van der Waals surface area contributed by atoms with E-state index in [1.165, 1.54) is 24.4 Å². The first-order valence-corrected chi connectivity index (χ1v) is 6.42. The summed E-state index contributed by atoms with van der Waals surface area (Å²) in [6.45, 7) is 0. The highest BCUT2D eigenvalue weighted by molar-refractivity contribution is 9.10. The standard InChI is InChI=1S/C13H12BrF2N3/c14-12-8(3-1-4-9(12)15)7-11(19-17)13-10(16)5-2-6-18-13/h1-6,11,19H,7,17H2. The second-order valence-corrected chi connectivity index (χ2v) is 4.80. The van der Waals surface area contributed by atoms with Crippen LogP contribution in [0.4, 0.5) is 8.78 Å². The highest BCUT2D eigenvalue weighted by Crippen LogP contribution is 2.25. The van der Waals surface area contributed by atoms with E-state index in [4.69, 9.17) is 5.84 Å². The first-order chi connectivity index (χ1) is 9.13. The topological polar surface area (TPSA) is 50.9 Å². The van der Waals surface area contributed by atoms with E-state index in [9.17, 15) is 8.78 Å². The molecule has 1 heterocycles. The SMILES string of the molecule is NNC(Cc1cccc(F)c1Br)c1ncccc1F. The van der Waals surface area contributed by atoms with Crippen molar-refractivity contribution in [3.8, 4) is 0 Å². The van der Waals surface area contributed by atoms with E-state index in [1.807, 2.05) is 0 Å². The molecule has 2 aromatic rings. The first-order valence-electron chi connectivity index (χ1n) is 5.63. The van der Waals surface area contributed by atoms with Gasteiger partial charge in [-0.05, 0) is 46.1 Å². The van der Waals surface area contributed by atoms with Crippen LogP contribution in [0.3, 0.4) is 0 Å². The van der Waals surface area contributed by atoms with Gasteiger partial charge in [0.05, 0.1) is 16.2 Å². The van der Waals surface area contributed by atoms with Crippen LogP contribution in [0.2, 0.25) is 0 Å². The number of benzene rings is 1. The molecule has 2 rings (SSSR count). The van der Waals surface area contributed by atoms with Crippen molar-refractivity contribution >= 4 is 15.9 Å². The molecule has 0 aliphatic rings. The molecule has 19 heavy (non-hydrogen) atoms. The second kappa shape index (κ2) is 6.18. The molecular weight excluding hydrogens is 316 g/mol. The van der Waals surface area contributed by atoms with Gasteiger partial charge in [0.2, 0.25) is 0 Å². The van der Waals surface area contributed by atoms with Gasteiger partial charge in [0.25, 0.3) is 0 Å². The fourth-order valence-corrected chi connectivity index (χ4v) is 2.24. The predicted molar refractivity (Wildman–Crippen MR) is 72.1 cm³/mol. The maximum atomic E-state index is 13.7. The maximum absolute atomic E-state index is 13.7. The molecule has 1 unspecified atom stereocenters. The lowest BCUT2D eigenvalue weighted by Gasteiger charge is -2.17. The largest absolute Gasteiger partial charge is 0.271 e. The number of nitrogens with zero attached hydrogens (tertiary/aromatic N) is 1. The number of nitrogens with two attached hydrogens (primary N) is 1. The number of rotatable bonds is 4. The second-order valence-electron chi connectivity index (χ2n) is 4.01. The summed E-state index contributed by atoms with van der Waals surface area (Å²) in [5.74, 6) is 4.63. The Morgan fingerprint density at radius 3 is 2.63 bits per heavy atom. The molecule has 0 aliphatic carbocycles. The van der Waals surface area contributed by atoms with Gasteiger partial charge in [-0.3, -0.25) is 16.3 Å². The number of aromatic nitrogens is 1. The molecule has 1 aromatic carbocycles. The molecule has 1 aromatic heterocycles. The third-order valence-corrected chi connectivity index (χ3v) is 3.66. The minimum atomic E-state index is -0.528. The van der Waals surface area contributed by atoms with Gasteiger partial charge in [-0.15, -0.1) is 0 Å². The Morgan fingerprint density at radius 1 is 1.21 bits per heavy atom. The molecule has 0 amide bonds. The molecule has 100 valence electrons. The Bertz CT molecular complexity index is 578. The van der Waals surface area contributed by atoms with E-state index < -0.39 is 11.9 Å². The number of pyridine rings is 1. The zero-order valence-corrected chi connectivity index (χ0v) is 11.5. The summed E-state index contributed by atoms with van der Waals surface area (Å²) in [7, 11) is 0. The van der Waals surface area contributed by atoms with Crippen molar-refractivity contribution in [2.45, 2.75) is 12.5 Å². The number of hydrogen-bond acceptors (Lipinski definition) is 3. The summed E-state index contributed by atoms with van der Waals surface area (Å²) in [5, 5.41) is 0. The number of halogens is 3. The highest BCUT2D eigenvalue weighted by Gasteiger charge is 2.18. The minimum absolute atomic E-state index is 0.209. The van der Waals surface area contributed by atoms with E-state index in [-0.39, 0.29) is 11.5 Å². The van der Waals surface area contributed by atoms with Crippen LogP contribution in [0.15, 0.2) is 41.0 Å². The van der Waals surface area contributed by atoms with Gasteiger partial charge in [-0.1, -0.05) is 12.1 Å². The van der Waals surface area contributed by atoms with Crippen LogP contribution in [-0.4, -0.2) is 4.98 Å². The monoisotopic (exact) mass is 327 g/mol. The van der Waals surface area contributed by atoms with Crippen LogP contribution in [0.5, 0.6) is 0 Å². The molecule has 0 radical (unpaired) electrons. The Labute approximate surface area is 117 Å². The van der Waals surface area contributed by atoms with Gasteiger partial charge >= 0.3 is 0 Å².